The van der Waals surface area contributed by atoms with Gasteiger partial charge in [-0.15, -0.1) is 0 Å². The molecule has 0 saturated carbocycles. The Bertz CT molecular complexity index is 922. The number of hydrogen-bond acceptors (Lipinski definition) is 3. The molecule has 3 rings (SSSR count). The second kappa shape index (κ2) is 7.72. The topological polar surface area (TPSA) is 64.7 Å². The van der Waals surface area contributed by atoms with Crippen LogP contribution in [0.3, 0.4) is 0 Å². The first kappa shape index (κ1) is 18.2. The van der Waals surface area contributed by atoms with Crippen molar-refractivity contribution in [1.82, 2.24) is 19.3 Å². The molecule has 138 valence electrons. The van der Waals surface area contributed by atoms with E-state index in [1.807, 2.05) is 36.9 Å². The van der Waals surface area contributed by atoms with Crippen LogP contribution < -0.4 is 5.32 Å². The van der Waals surface area contributed by atoms with Gasteiger partial charge >= 0.3 is 0 Å². The Kier molecular flexibility index (Phi) is 5.40. The first-order valence-corrected chi connectivity index (χ1v) is 9.24. The van der Waals surface area contributed by atoms with Crippen LogP contribution in [-0.2, 0) is 24.8 Å². The maximum atomic E-state index is 11.9. The number of benzene rings is 1. The zero-order valence-corrected chi connectivity index (χ0v) is 16.0. The molecular formula is C20H27N5O. The Labute approximate surface area is 154 Å². The van der Waals surface area contributed by atoms with E-state index >= 15 is 0 Å². The lowest BCUT2D eigenvalue weighted by Gasteiger charge is -2.05. The summed E-state index contributed by atoms with van der Waals surface area (Å²) in [4.78, 5) is 16.7. The number of anilines is 1. The van der Waals surface area contributed by atoms with Crippen LogP contribution in [0.2, 0.25) is 0 Å². The fourth-order valence-electron chi connectivity index (χ4n) is 3.22. The highest BCUT2D eigenvalue weighted by Gasteiger charge is 2.11. The molecule has 6 nitrogen and oxygen atoms in total. The molecule has 26 heavy (non-hydrogen) atoms. The van der Waals surface area contributed by atoms with Gasteiger partial charge in [0.1, 0.15) is 5.82 Å². The maximum Gasteiger partial charge on any atom is 0.224 e. The Morgan fingerprint density at radius 3 is 2.73 bits per heavy atom. The Hall–Kier alpha value is -2.63. The molecule has 2 aromatic heterocycles. The van der Waals surface area contributed by atoms with Gasteiger partial charge in [0.25, 0.3) is 0 Å². The number of aryl methyl sites for hydroxylation is 5. The molecule has 1 N–H and O–H groups in total. The van der Waals surface area contributed by atoms with E-state index in [9.17, 15) is 4.79 Å². The van der Waals surface area contributed by atoms with E-state index in [4.69, 9.17) is 4.98 Å². The van der Waals surface area contributed by atoms with E-state index in [1.54, 1.807) is 0 Å². The molecule has 0 fully saturated rings. The summed E-state index contributed by atoms with van der Waals surface area (Å²) in [7, 11) is 2.03. The minimum absolute atomic E-state index is 0.0619. The monoisotopic (exact) mass is 353 g/mol. The second-order valence-corrected chi connectivity index (χ2v) is 6.84. The standard InChI is InChI=1S/C20H27N5O/c1-5-6-7-20(26)21-16-8-9-18-17(13-16)22-19(24(18)4)10-11-25-15(3)12-14(2)23-25/h8-9,12-13H,5-7,10-11H2,1-4H3,(H,21,26). The second-order valence-electron chi connectivity index (χ2n) is 6.84. The summed E-state index contributed by atoms with van der Waals surface area (Å²) in [5.41, 5.74) is 4.99. The largest absolute Gasteiger partial charge is 0.331 e. The highest BCUT2D eigenvalue weighted by Crippen LogP contribution is 2.20. The van der Waals surface area contributed by atoms with Crippen molar-refractivity contribution in [3.05, 3.63) is 41.5 Å². The molecule has 0 unspecified atom stereocenters. The molecule has 0 radical (unpaired) electrons. The predicted octanol–water partition coefficient (Wildman–Crippen LogP) is 3.76. The lowest BCUT2D eigenvalue weighted by Crippen LogP contribution is -2.10. The molecular weight excluding hydrogens is 326 g/mol. The van der Waals surface area contributed by atoms with E-state index in [0.717, 1.165) is 54.0 Å². The summed E-state index contributed by atoms with van der Waals surface area (Å²) >= 11 is 0. The molecule has 3 aromatic rings. The van der Waals surface area contributed by atoms with Crippen LogP contribution in [0.5, 0.6) is 0 Å². The van der Waals surface area contributed by atoms with Crippen LogP contribution in [-0.4, -0.2) is 25.2 Å². The summed E-state index contributed by atoms with van der Waals surface area (Å²) < 4.78 is 4.14. The number of amides is 1. The fraction of sp³-hybridized carbons (Fsp3) is 0.450. The number of rotatable bonds is 7. The number of aromatic nitrogens is 4. The normalized spacial score (nSPS) is 11.2. The SMILES string of the molecule is CCCCC(=O)Nc1ccc2c(c1)nc(CCn1nc(C)cc1C)n2C. The van der Waals surface area contributed by atoms with Gasteiger partial charge in [0.15, 0.2) is 0 Å². The van der Waals surface area contributed by atoms with Crippen molar-refractivity contribution in [1.29, 1.82) is 0 Å². The van der Waals surface area contributed by atoms with Crippen molar-refractivity contribution in [2.75, 3.05) is 5.32 Å². The number of fused-ring (bicyclic) bond motifs is 1. The van der Waals surface area contributed by atoms with Crippen LogP contribution in [0, 0.1) is 13.8 Å². The quantitative estimate of drug-likeness (QED) is 0.703. The average Bonchev–Trinajstić information content (AvgIpc) is 3.09. The van der Waals surface area contributed by atoms with Crippen molar-refractivity contribution in [3.63, 3.8) is 0 Å². The van der Waals surface area contributed by atoms with E-state index in [1.165, 1.54) is 5.69 Å². The fourth-order valence-corrected chi connectivity index (χ4v) is 3.22. The molecule has 0 aliphatic heterocycles. The molecule has 0 atom stereocenters. The van der Waals surface area contributed by atoms with Gasteiger partial charge in [-0.25, -0.2) is 4.98 Å². The van der Waals surface area contributed by atoms with E-state index in [0.29, 0.717) is 6.42 Å². The van der Waals surface area contributed by atoms with Gasteiger partial charge in [-0.3, -0.25) is 9.48 Å². The van der Waals surface area contributed by atoms with E-state index in [2.05, 4.69) is 34.9 Å². The molecule has 0 bridgehead atoms. The van der Waals surface area contributed by atoms with E-state index < -0.39 is 0 Å². The first-order chi connectivity index (χ1) is 12.5. The molecule has 2 heterocycles. The van der Waals surface area contributed by atoms with Crippen LogP contribution in [0.15, 0.2) is 24.3 Å². The molecule has 0 saturated heterocycles. The molecule has 1 amide bonds. The van der Waals surface area contributed by atoms with Gasteiger partial charge < -0.3 is 9.88 Å². The molecule has 0 aliphatic carbocycles. The first-order valence-electron chi connectivity index (χ1n) is 9.24. The van der Waals surface area contributed by atoms with Crippen molar-refractivity contribution in [2.45, 2.75) is 53.0 Å². The minimum Gasteiger partial charge on any atom is -0.331 e. The number of hydrogen-bond donors (Lipinski definition) is 1. The van der Waals surface area contributed by atoms with Gasteiger partial charge in [-0.1, -0.05) is 13.3 Å². The predicted molar refractivity (Wildman–Crippen MR) is 104 cm³/mol. The number of unbranched alkanes of at least 4 members (excludes halogenated alkanes) is 1. The summed E-state index contributed by atoms with van der Waals surface area (Å²) in [6.45, 7) is 6.97. The van der Waals surface area contributed by atoms with Gasteiger partial charge in [0, 0.05) is 37.8 Å². The van der Waals surface area contributed by atoms with E-state index in [-0.39, 0.29) is 5.91 Å². The van der Waals surface area contributed by atoms with Crippen molar-refractivity contribution < 1.29 is 4.79 Å². The number of nitrogens with zero attached hydrogens (tertiary/aromatic N) is 4. The van der Waals surface area contributed by atoms with Gasteiger partial charge in [0.2, 0.25) is 5.91 Å². The number of carbonyl (C=O) groups excluding carboxylic acids is 1. The molecule has 0 aliphatic rings. The Balaban J connectivity index is 1.74. The maximum absolute atomic E-state index is 11.9. The smallest absolute Gasteiger partial charge is 0.224 e. The number of nitrogens with one attached hydrogen (secondary N) is 1. The third kappa shape index (κ3) is 3.95. The van der Waals surface area contributed by atoms with Crippen LogP contribution in [0.4, 0.5) is 5.69 Å². The van der Waals surface area contributed by atoms with Crippen LogP contribution in [0.25, 0.3) is 11.0 Å². The highest BCUT2D eigenvalue weighted by atomic mass is 16.1. The summed E-state index contributed by atoms with van der Waals surface area (Å²) in [5.74, 6) is 1.08. The van der Waals surface area contributed by atoms with Gasteiger partial charge in [-0.2, -0.15) is 5.10 Å². The van der Waals surface area contributed by atoms with Gasteiger partial charge in [-0.05, 0) is 44.5 Å². The lowest BCUT2D eigenvalue weighted by molar-refractivity contribution is -0.116. The zero-order valence-electron chi connectivity index (χ0n) is 16.0. The zero-order chi connectivity index (χ0) is 18.7. The number of imidazole rings is 1. The molecule has 0 spiro atoms. The molecule has 1 aromatic carbocycles. The molecule has 6 heteroatoms. The van der Waals surface area contributed by atoms with Gasteiger partial charge in [0.05, 0.1) is 16.7 Å². The highest BCUT2D eigenvalue weighted by molar-refractivity contribution is 5.93. The lowest BCUT2D eigenvalue weighted by atomic mass is 10.2. The summed E-state index contributed by atoms with van der Waals surface area (Å²) in [6, 6.07) is 8.00. The van der Waals surface area contributed by atoms with Crippen molar-refractivity contribution in [3.8, 4) is 0 Å². The summed E-state index contributed by atoms with van der Waals surface area (Å²) in [6.07, 6.45) is 3.30. The number of carbonyl (C=O) groups is 1. The third-order valence-electron chi connectivity index (χ3n) is 4.67. The third-order valence-corrected chi connectivity index (χ3v) is 4.67. The summed E-state index contributed by atoms with van der Waals surface area (Å²) in [5, 5.41) is 7.48. The Morgan fingerprint density at radius 2 is 2.04 bits per heavy atom. The van der Waals surface area contributed by atoms with Crippen molar-refractivity contribution >= 4 is 22.6 Å². The van der Waals surface area contributed by atoms with Crippen molar-refractivity contribution in [2.24, 2.45) is 7.05 Å². The van der Waals surface area contributed by atoms with Crippen LogP contribution >= 0.6 is 0 Å². The Morgan fingerprint density at radius 1 is 1.23 bits per heavy atom. The average molecular weight is 353 g/mol. The minimum atomic E-state index is 0.0619. The van der Waals surface area contributed by atoms with Crippen LogP contribution in [0.1, 0.15) is 43.4 Å².